The second-order valence-electron chi connectivity index (χ2n) is 4.83. The summed E-state index contributed by atoms with van der Waals surface area (Å²) >= 11 is 6.83. The second-order valence-corrected chi connectivity index (χ2v) is 5.98. The molecule has 0 aromatic carbocycles. The molecule has 2 N–H and O–H groups in total. The van der Waals surface area contributed by atoms with Crippen LogP contribution >= 0.6 is 23.6 Å². The number of hydrogen-bond acceptors (Lipinski definition) is 4. The van der Waals surface area contributed by atoms with E-state index in [0.717, 1.165) is 11.1 Å². The van der Waals surface area contributed by atoms with Crippen LogP contribution in [0.5, 0.6) is 0 Å². The Morgan fingerprint density at radius 3 is 2.56 bits per heavy atom. The number of aryl methyl sites for hydroxylation is 1. The Kier molecular flexibility index (Phi) is 5.10. The maximum absolute atomic E-state index is 11.4. The Morgan fingerprint density at radius 2 is 2.06 bits per heavy atom. The Balaban J connectivity index is 2.33. The molecule has 100 valence electrons. The molecule has 18 heavy (non-hydrogen) atoms. The molecule has 4 nitrogen and oxygen atoms in total. The minimum absolute atomic E-state index is 0.253. The molecule has 0 atom stereocenters. The standard InChI is InChI=1S/C12H18N2O2S2/c1-8-5-18-6-9(8)10(17)13-7-14-11(15)16-12(2,3)4/h5-6H,7H2,1-4H3,(H,13,17)(H,14,15). The average Bonchev–Trinajstić information content (AvgIpc) is 2.61. The summed E-state index contributed by atoms with van der Waals surface area (Å²) in [5.74, 6) is 0. The first-order chi connectivity index (χ1) is 8.29. The van der Waals surface area contributed by atoms with Crippen LogP contribution < -0.4 is 10.6 Å². The van der Waals surface area contributed by atoms with E-state index in [-0.39, 0.29) is 6.67 Å². The molecule has 1 rings (SSSR count). The third kappa shape index (κ3) is 5.01. The number of carbonyl (C=O) groups excluding carboxylic acids is 1. The zero-order valence-corrected chi connectivity index (χ0v) is 12.6. The largest absolute Gasteiger partial charge is 0.444 e. The van der Waals surface area contributed by atoms with E-state index in [9.17, 15) is 4.79 Å². The minimum Gasteiger partial charge on any atom is -0.444 e. The van der Waals surface area contributed by atoms with Crippen molar-refractivity contribution in [1.29, 1.82) is 0 Å². The van der Waals surface area contributed by atoms with Gasteiger partial charge in [-0.05, 0) is 38.6 Å². The second kappa shape index (κ2) is 6.15. The highest BCUT2D eigenvalue weighted by atomic mass is 32.1. The number of nitrogens with one attached hydrogen (secondary N) is 2. The van der Waals surface area contributed by atoms with Gasteiger partial charge < -0.3 is 15.4 Å². The van der Waals surface area contributed by atoms with Gasteiger partial charge in [0.15, 0.2) is 0 Å². The number of hydrogen-bond donors (Lipinski definition) is 2. The van der Waals surface area contributed by atoms with Crippen molar-refractivity contribution < 1.29 is 9.53 Å². The number of rotatable bonds is 3. The molecule has 0 spiro atoms. The van der Waals surface area contributed by atoms with Crippen molar-refractivity contribution in [1.82, 2.24) is 10.6 Å². The van der Waals surface area contributed by atoms with Crippen molar-refractivity contribution in [3.63, 3.8) is 0 Å². The van der Waals surface area contributed by atoms with Gasteiger partial charge >= 0.3 is 6.09 Å². The van der Waals surface area contributed by atoms with Crippen LogP contribution in [0.3, 0.4) is 0 Å². The Labute approximate surface area is 117 Å². The molecule has 0 aliphatic rings. The number of thiophene rings is 1. The first-order valence-electron chi connectivity index (χ1n) is 5.57. The molecule has 0 unspecified atom stereocenters. The molecule has 1 aromatic heterocycles. The minimum atomic E-state index is -0.492. The molecule has 0 radical (unpaired) electrons. The molecule has 0 aliphatic heterocycles. The van der Waals surface area contributed by atoms with Crippen LogP contribution in [0.1, 0.15) is 31.9 Å². The van der Waals surface area contributed by atoms with Gasteiger partial charge in [-0.25, -0.2) is 4.79 Å². The summed E-state index contributed by atoms with van der Waals surface area (Å²) in [6.45, 7) is 7.71. The van der Waals surface area contributed by atoms with Gasteiger partial charge in [0, 0.05) is 10.9 Å². The van der Waals surface area contributed by atoms with Crippen LogP contribution in [0, 0.1) is 6.92 Å². The topological polar surface area (TPSA) is 50.4 Å². The maximum Gasteiger partial charge on any atom is 0.409 e. The highest BCUT2D eigenvalue weighted by Gasteiger charge is 2.15. The van der Waals surface area contributed by atoms with Crippen molar-refractivity contribution in [3.05, 3.63) is 21.9 Å². The van der Waals surface area contributed by atoms with E-state index in [1.807, 2.05) is 38.5 Å². The van der Waals surface area contributed by atoms with Crippen LogP contribution in [0.4, 0.5) is 4.79 Å². The fourth-order valence-electron chi connectivity index (χ4n) is 1.20. The van der Waals surface area contributed by atoms with Gasteiger partial charge in [-0.1, -0.05) is 12.2 Å². The first kappa shape index (κ1) is 14.9. The SMILES string of the molecule is Cc1cscc1C(=S)NCNC(=O)OC(C)(C)C. The Morgan fingerprint density at radius 1 is 1.39 bits per heavy atom. The van der Waals surface area contributed by atoms with Crippen molar-refractivity contribution >= 4 is 34.6 Å². The van der Waals surface area contributed by atoms with Crippen molar-refractivity contribution in [2.45, 2.75) is 33.3 Å². The average molecular weight is 286 g/mol. The zero-order chi connectivity index (χ0) is 13.8. The lowest BCUT2D eigenvalue weighted by molar-refractivity contribution is 0.0527. The van der Waals surface area contributed by atoms with E-state index in [4.69, 9.17) is 17.0 Å². The van der Waals surface area contributed by atoms with Crippen LogP contribution in [-0.2, 0) is 4.74 Å². The summed E-state index contributed by atoms with van der Waals surface area (Å²) in [6, 6.07) is 0. The summed E-state index contributed by atoms with van der Waals surface area (Å²) < 4.78 is 5.10. The summed E-state index contributed by atoms with van der Waals surface area (Å²) in [5, 5.41) is 9.58. The van der Waals surface area contributed by atoms with Crippen molar-refractivity contribution in [2.75, 3.05) is 6.67 Å². The van der Waals surface area contributed by atoms with E-state index in [1.165, 1.54) is 0 Å². The fourth-order valence-corrected chi connectivity index (χ4v) is 2.40. The highest BCUT2D eigenvalue weighted by molar-refractivity contribution is 7.80. The molecule has 0 aliphatic carbocycles. The molecular weight excluding hydrogens is 268 g/mol. The molecule has 0 saturated carbocycles. The van der Waals surface area contributed by atoms with Gasteiger partial charge in [0.05, 0.1) is 6.67 Å². The van der Waals surface area contributed by atoms with Crippen molar-refractivity contribution in [3.8, 4) is 0 Å². The normalized spacial score (nSPS) is 10.9. The molecule has 1 aromatic rings. The molecule has 6 heteroatoms. The van der Waals surface area contributed by atoms with Gasteiger partial charge in [-0.2, -0.15) is 11.3 Å². The monoisotopic (exact) mass is 286 g/mol. The summed E-state index contributed by atoms with van der Waals surface area (Å²) in [6.07, 6.45) is -0.458. The third-order valence-corrected chi connectivity index (χ3v) is 3.21. The van der Waals surface area contributed by atoms with E-state index in [1.54, 1.807) is 11.3 Å². The Bertz CT molecular complexity index is 436. The van der Waals surface area contributed by atoms with E-state index in [0.29, 0.717) is 4.99 Å². The number of ether oxygens (including phenoxy) is 1. The van der Waals surface area contributed by atoms with E-state index < -0.39 is 11.7 Å². The Hall–Kier alpha value is -1.14. The smallest absolute Gasteiger partial charge is 0.409 e. The van der Waals surface area contributed by atoms with Crippen LogP contribution in [-0.4, -0.2) is 23.4 Å². The summed E-state index contributed by atoms with van der Waals surface area (Å²) in [5.41, 5.74) is 1.64. The number of carbonyl (C=O) groups is 1. The summed E-state index contributed by atoms with van der Waals surface area (Å²) in [4.78, 5) is 12.0. The predicted molar refractivity (Wildman–Crippen MR) is 78.1 cm³/mol. The van der Waals surface area contributed by atoms with Gasteiger partial charge in [0.1, 0.15) is 10.6 Å². The molecular formula is C12H18N2O2S2. The number of thiocarbonyl (C=S) groups is 1. The van der Waals surface area contributed by atoms with Crippen molar-refractivity contribution in [2.24, 2.45) is 0 Å². The first-order valence-corrected chi connectivity index (χ1v) is 6.92. The molecule has 0 bridgehead atoms. The number of amides is 1. The predicted octanol–water partition coefficient (Wildman–Crippen LogP) is 2.80. The molecule has 0 fully saturated rings. The van der Waals surface area contributed by atoms with Crippen LogP contribution in [0.25, 0.3) is 0 Å². The lowest BCUT2D eigenvalue weighted by Crippen LogP contribution is -2.39. The van der Waals surface area contributed by atoms with Gasteiger partial charge in [0.25, 0.3) is 0 Å². The number of alkyl carbamates (subject to hydrolysis) is 1. The van der Waals surface area contributed by atoms with E-state index in [2.05, 4.69) is 10.6 Å². The van der Waals surface area contributed by atoms with Gasteiger partial charge in [0.2, 0.25) is 0 Å². The highest BCUT2D eigenvalue weighted by Crippen LogP contribution is 2.13. The molecule has 1 amide bonds. The lowest BCUT2D eigenvalue weighted by Gasteiger charge is -2.20. The van der Waals surface area contributed by atoms with E-state index >= 15 is 0 Å². The van der Waals surface area contributed by atoms with Gasteiger partial charge in [-0.15, -0.1) is 0 Å². The molecule has 1 heterocycles. The third-order valence-electron chi connectivity index (χ3n) is 1.98. The quantitative estimate of drug-likeness (QED) is 0.662. The van der Waals surface area contributed by atoms with Crippen LogP contribution in [0.2, 0.25) is 0 Å². The van der Waals surface area contributed by atoms with Crippen LogP contribution in [0.15, 0.2) is 10.8 Å². The van der Waals surface area contributed by atoms with Gasteiger partial charge in [-0.3, -0.25) is 0 Å². The lowest BCUT2D eigenvalue weighted by atomic mass is 10.2. The zero-order valence-electron chi connectivity index (χ0n) is 11.0. The molecule has 0 saturated heterocycles. The maximum atomic E-state index is 11.4. The fraction of sp³-hybridized carbons (Fsp3) is 0.500. The summed E-state index contributed by atoms with van der Waals surface area (Å²) in [7, 11) is 0.